The molecule has 1 saturated heterocycles. The molecule has 6 heteroatoms. The van der Waals surface area contributed by atoms with Crippen molar-refractivity contribution in [1.29, 1.82) is 0 Å². The van der Waals surface area contributed by atoms with Crippen LogP contribution < -0.4 is 5.56 Å². The molecule has 1 unspecified atom stereocenters. The average Bonchev–Trinajstić information content (AvgIpc) is 2.41. The minimum atomic E-state index is -0.107. The lowest BCUT2D eigenvalue weighted by Gasteiger charge is -2.36. The van der Waals surface area contributed by atoms with Crippen LogP contribution in [0.2, 0.25) is 5.15 Å². The summed E-state index contributed by atoms with van der Waals surface area (Å²) in [4.78, 5) is 18.9. The number of aromatic nitrogens is 2. The second-order valence-electron chi connectivity index (χ2n) is 6.12. The van der Waals surface area contributed by atoms with E-state index in [1.54, 1.807) is 4.57 Å². The summed E-state index contributed by atoms with van der Waals surface area (Å²) >= 11 is 5.91. The first-order valence-corrected chi connectivity index (χ1v) is 7.89. The fourth-order valence-corrected chi connectivity index (χ4v) is 2.82. The highest BCUT2D eigenvalue weighted by molar-refractivity contribution is 6.29. The van der Waals surface area contributed by atoms with Crippen molar-refractivity contribution in [1.82, 2.24) is 14.5 Å². The van der Waals surface area contributed by atoms with Crippen molar-refractivity contribution in [2.75, 3.05) is 19.7 Å². The van der Waals surface area contributed by atoms with Crippen LogP contribution in [-0.4, -0.2) is 46.3 Å². The minimum Gasteiger partial charge on any atom is -0.374 e. The quantitative estimate of drug-likeness (QED) is 0.799. The minimum absolute atomic E-state index is 0.0133. The van der Waals surface area contributed by atoms with Crippen LogP contribution in [0.25, 0.3) is 0 Å². The van der Waals surface area contributed by atoms with Crippen molar-refractivity contribution in [2.24, 2.45) is 0 Å². The van der Waals surface area contributed by atoms with Gasteiger partial charge in [-0.3, -0.25) is 14.3 Å². The maximum Gasteiger partial charge on any atom is 0.255 e. The highest BCUT2D eigenvalue weighted by atomic mass is 35.5. The second kappa shape index (κ2) is 6.90. The highest BCUT2D eigenvalue weighted by Crippen LogP contribution is 2.15. The molecule has 2 rings (SSSR count). The van der Waals surface area contributed by atoms with E-state index in [4.69, 9.17) is 16.3 Å². The molecule has 1 aromatic rings. The predicted octanol–water partition coefficient (Wildman–Crippen LogP) is 2.13. The van der Waals surface area contributed by atoms with E-state index in [0.29, 0.717) is 19.2 Å². The largest absolute Gasteiger partial charge is 0.374 e. The van der Waals surface area contributed by atoms with Crippen molar-refractivity contribution in [3.05, 3.63) is 27.4 Å². The summed E-state index contributed by atoms with van der Waals surface area (Å²) in [5, 5.41) is 0.258. The molecule has 1 atom stereocenters. The number of nitrogens with zero attached hydrogens (tertiary/aromatic N) is 3. The lowest BCUT2D eigenvalue weighted by atomic mass is 10.2. The Balaban J connectivity index is 2.21. The smallest absolute Gasteiger partial charge is 0.255 e. The van der Waals surface area contributed by atoms with Crippen molar-refractivity contribution in [3.8, 4) is 0 Å². The third kappa shape index (κ3) is 4.05. The first-order chi connectivity index (χ1) is 9.88. The number of halogens is 1. The number of morpholine rings is 1. The third-order valence-electron chi connectivity index (χ3n) is 3.81. The molecular weight excluding hydrogens is 290 g/mol. The van der Waals surface area contributed by atoms with Crippen LogP contribution in [0.4, 0.5) is 0 Å². The Morgan fingerprint density at radius 1 is 1.43 bits per heavy atom. The van der Waals surface area contributed by atoms with Gasteiger partial charge in [0.05, 0.1) is 19.3 Å². The van der Waals surface area contributed by atoms with Gasteiger partial charge >= 0.3 is 0 Å². The number of hydrogen-bond acceptors (Lipinski definition) is 4. The molecular formula is C15H24ClN3O2. The number of hydrogen-bond donors (Lipinski definition) is 0. The molecule has 0 bridgehead atoms. The zero-order chi connectivity index (χ0) is 15.6. The van der Waals surface area contributed by atoms with E-state index in [2.05, 4.69) is 23.7 Å². The van der Waals surface area contributed by atoms with E-state index in [9.17, 15) is 4.79 Å². The van der Waals surface area contributed by atoms with Crippen LogP contribution in [0, 0.1) is 0 Å². The van der Waals surface area contributed by atoms with E-state index >= 15 is 0 Å². The molecule has 0 radical (unpaired) electrons. The molecule has 1 aliphatic rings. The molecule has 118 valence electrons. The molecule has 0 aromatic carbocycles. The van der Waals surface area contributed by atoms with Gasteiger partial charge in [0.15, 0.2) is 0 Å². The van der Waals surface area contributed by atoms with Crippen molar-refractivity contribution in [3.63, 3.8) is 0 Å². The maximum absolute atomic E-state index is 12.2. The first-order valence-electron chi connectivity index (χ1n) is 7.51. The molecule has 1 aliphatic heterocycles. The van der Waals surface area contributed by atoms with Crippen molar-refractivity contribution >= 4 is 11.6 Å². The molecule has 1 fully saturated rings. The Kier molecular flexibility index (Phi) is 5.41. The molecule has 0 aliphatic carbocycles. The first kappa shape index (κ1) is 16.5. The normalized spacial score (nSPS) is 20.4. The van der Waals surface area contributed by atoms with Crippen molar-refractivity contribution in [2.45, 2.75) is 52.3 Å². The molecule has 5 nitrogen and oxygen atoms in total. The third-order valence-corrected chi connectivity index (χ3v) is 4.00. The van der Waals surface area contributed by atoms with Crippen LogP contribution in [0.3, 0.4) is 0 Å². The zero-order valence-electron chi connectivity index (χ0n) is 13.2. The maximum atomic E-state index is 12.2. The Morgan fingerprint density at radius 3 is 2.76 bits per heavy atom. The van der Waals surface area contributed by atoms with E-state index in [0.717, 1.165) is 18.9 Å². The predicted molar refractivity (Wildman–Crippen MR) is 84.0 cm³/mol. The van der Waals surface area contributed by atoms with Gasteiger partial charge in [0.25, 0.3) is 5.56 Å². The molecule has 2 heterocycles. The summed E-state index contributed by atoms with van der Waals surface area (Å²) in [7, 11) is 0. The van der Waals surface area contributed by atoms with Gasteiger partial charge in [0.2, 0.25) is 0 Å². The van der Waals surface area contributed by atoms with Gasteiger partial charge in [-0.05, 0) is 13.8 Å². The van der Waals surface area contributed by atoms with Crippen LogP contribution >= 0.6 is 11.6 Å². The average molecular weight is 314 g/mol. The molecule has 0 amide bonds. The van der Waals surface area contributed by atoms with E-state index < -0.39 is 0 Å². The summed E-state index contributed by atoms with van der Waals surface area (Å²) in [5.74, 6) is 0.860. The molecule has 0 saturated carbocycles. The van der Waals surface area contributed by atoms with Crippen LogP contribution in [-0.2, 0) is 11.3 Å². The Labute approximate surface area is 130 Å². The fraction of sp³-hybridized carbons (Fsp3) is 0.733. The SMILES string of the molecule is CC(C)c1nc(Cl)cc(=O)n1CC1CN(C(C)C)CCO1. The summed E-state index contributed by atoms with van der Waals surface area (Å²) in [5.41, 5.74) is -0.107. The second-order valence-corrected chi connectivity index (χ2v) is 6.51. The lowest BCUT2D eigenvalue weighted by Crippen LogP contribution is -2.48. The van der Waals surface area contributed by atoms with Gasteiger partial charge in [0.1, 0.15) is 11.0 Å². The summed E-state index contributed by atoms with van der Waals surface area (Å²) in [6.07, 6.45) is 0.0133. The van der Waals surface area contributed by atoms with Gasteiger partial charge < -0.3 is 4.74 Å². The number of rotatable bonds is 4. The van der Waals surface area contributed by atoms with Crippen LogP contribution in [0.5, 0.6) is 0 Å². The van der Waals surface area contributed by atoms with Gasteiger partial charge in [-0.15, -0.1) is 0 Å². The van der Waals surface area contributed by atoms with E-state index in [1.807, 2.05) is 13.8 Å². The molecule has 0 N–H and O–H groups in total. The molecule has 0 spiro atoms. The monoisotopic (exact) mass is 313 g/mol. The summed E-state index contributed by atoms with van der Waals surface area (Å²) in [6.45, 7) is 11.4. The Hall–Kier alpha value is -0.910. The van der Waals surface area contributed by atoms with E-state index in [-0.39, 0.29) is 22.7 Å². The van der Waals surface area contributed by atoms with Gasteiger partial charge in [-0.25, -0.2) is 4.98 Å². The number of ether oxygens (including phenoxy) is 1. The topological polar surface area (TPSA) is 47.4 Å². The van der Waals surface area contributed by atoms with Gasteiger partial charge in [0, 0.05) is 31.1 Å². The fourth-order valence-electron chi connectivity index (χ4n) is 2.64. The highest BCUT2D eigenvalue weighted by Gasteiger charge is 2.24. The van der Waals surface area contributed by atoms with E-state index in [1.165, 1.54) is 6.07 Å². The molecule has 1 aromatic heterocycles. The van der Waals surface area contributed by atoms with Crippen LogP contribution in [0.1, 0.15) is 39.4 Å². The van der Waals surface area contributed by atoms with Crippen molar-refractivity contribution < 1.29 is 4.74 Å². The standard InChI is InChI=1S/C15H24ClN3O2/c1-10(2)15-17-13(16)7-14(20)19(15)9-12-8-18(11(3)4)5-6-21-12/h7,10-12H,5-6,8-9H2,1-4H3. The molecule has 21 heavy (non-hydrogen) atoms. The van der Waals surface area contributed by atoms with Crippen LogP contribution in [0.15, 0.2) is 10.9 Å². The lowest BCUT2D eigenvalue weighted by molar-refractivity contribution is -0.0464. The van der Waals surface area contributed by atoms with Gasteiger partial charge in [-0.2, -0.15) is 0 Å². The summed E-state index contributed by atoms with van der Waals surface area (Å²) in [6, 6.07) is 1.86. The zero-order valence-corrected chi connectivity index (χ0v) is 13.9. The Morgan fingerprint density at radius 2 is 2.14 bits per heavy atom. The van der Waals surface area contributed by atoms with Gasteiger partial charge in [-0.1, -0.05) is 25.4 Å². The summed E-state index contributed by atoms with van der Waals surface area (Å²) < 4.78 is 7.52. The Bertz CT molecular complexity index is 542.